The first-order chi connectivity index (χ1) is 28.7. The first-order valence-electron chi connectivity index (χ1n) is 20.5. The highest BCUT2D eigenvalue weighted by molar-refractivity contribution is 6.13. The highest BCUT2D eigenvalue weighted by Crippen LogP contribution is 2.57. The first-order valence-corrected chi connectivity index (χ1v) is 20.5. The number of para-hydroxylation sites is 3. The largest absolute Gasteiger partial charge is 0.313 e. The van der Waals surface area contributed by atoms with E-state index in [1.165, 1.54) is 99.9 Å². The van der Waals surface area contributed by atoms with Crippen molar-refractivity contribution in [1.82, 2.24) is 9.13 Å². The Bertz CT molecular complexity index is 3200. The minimum absolute atomic E-state index is 0.340. The minimum Gasteiger partial charge on any atom is -0.313 e. The van der Waals surface area contributed by atoms with Crippen LogP contribution in [0.25, 0.3) is 66.9 Å². The van der Waals surface area contributed by atoms with Crippen molar-refractivity contribution in [2.24, 2.45) is 5.92 Å². The number of benzene rings is 8. The van der Waals surface area contributed by atoms with E-state index in [1.807, 2.05) is 0 Å². The highest BCUT2D eigenvalue weighted by atomic mass is 15.0. The van der Waals surface area contributed by atoms with Crippen molar-refractivity contribution < 1.29 is 0 Å². The van der Waals surface area contributed by atoms with E-state index in [1.54, 1.807) is 0 Å². The summed E-state index contributed by atoms with van der Waals surface area (Å²) in [5, 5.41) is 3.86. The molecule has 2 nitrogen and oxygen atoms in total. The Hall–Kier alpha value is -7.16. The number of hydrogen-bond acceptors (Lipinski definition) is 0. The van der Waals surface area contributed by atoms with Gasteiger partial charge in [0.25, 0.3) is 0 Å². The third kappa shape index (κ3) is 4.60. The summed E-state index contributed by atoms with van der Waals surface area (Å²) in [6.07, 6.45) is 3.46. The monoisotopic (exact) mass is 740 g/mol. The molecule has 2 aliphatic rings. The van der Waals surface area contributed by atoms with E-state index in [9.17, 15) is 0 Å². The van der Waals surface area contributed by atoms with Crippen LogP contribution in [0.3, 0.4) is 0 Å². The number of fused-ring (bicyclic) bond motifs is 9. The van der Waals surface area contributed by atoms with Gasteiger partial charge >= 0.3 is 0 Å². The van der Waals surface area contributed by atoms with Crippen molar-refractivity contribution in [3.05, 3.63) is 239 Å². The SMILES string of the molecule is CC1Cc2c(c3ccccc3n2-c2ccccc2)C=C1c1ccc2c(c1)c1cc3c(cc1n2-c1ccccc1)C(c1ccccc1)(c1ccccc1)c1ccccc1-3. The van der Waals surface area contributed by atoms with Crippen LogP contribution in [0, 0.1) is 5.92 Å². The maximum atomic E-state index is 2.52. The molecule has 10 aromatic rings. The summed E-state index contributed by atoms with van der Waals surface area (Å²) in [5.74, 6) is 0.340. The molecular weight excluding hydrogens is 701 g/mol. The van der Waals surface area contributed by atoms with Gasteiger partial charge in [0, 0.05) is 38.8 Å². The number of rotatable bonds is 5. The van der Waals surface area contributed by atoms with Crippen LogP contribution < -0.4 is 0 Å². The molecule has 0 saturated heterocycles. The van der Waals surface area contributed by atoms with Crippen LogP contribution in [0.5, 0.6) is 0 Å². The average Bonchev–Trinajstić information content (AvgIpc) is 3.89. The highest BCUT2D eigenvalue weighted by Gasteiger charge is 2.46. The van der Waals surface area contributed by atoms with Crippen molar-refractivity contribution in [1.29, 1.82) is 0 Å². The van der Waals surface area contributed by atoms with E-state index in [2.05, 4.69) is 222 Å². The van der Waals surface area contributed by atoms with Gasteiger partial charge in [-0.1, -0.05) is 153 Å². The van der Waals surface area contributed by atoms with Gasteiger partial charge in [-0.05, 0) is 118 Å². The van der Waals surface area contributed by atoms with Crippen LogP contribution in [-0.2, 0) is 11.8 Å². The lowest BCUT2D eigenvalue weighted by atomic mass is 9.67. The molecule has 8 aromatic carbocycles. The van der Waals surface area contributed by atoms with Crippen molar-refractivity contribution in [3.63, 3.8) is 0 Å². The molecule has 2 aromatic heterocycles. The summed E-state index contributed by atoms with van der Waals surface area (Å²) < 4.78 is 4.97. The topological polar surface area (TPSA) is 9.86 Å². The molecule has 2 aliphatic carbocycles. The fourth-order valence-electron chi connectivity index (χ4n) is 10.6. The minimum atomic E-state index is -0.468. The Labute approximate surface area is 338 Å². The normalized spacial score (nSPS) is 15.3. The van der Waals surface area contributed by atoms with Crippen molar-refractivity contribution in [3.8, 4) is 22.5 Å². The quantitative estimate of drug-likeness (QED) is 0.166. The van der Waals surface area contributed by atoms with Gasteiger partial charge in [0.15, 0.2) is 0 Å². The number of nitrogens with zero attached hydrogens (tertiary/aromatic N) is 2. The maximum absolute atomic E-state index is 2.52. The van der Waals surface area contributed by atoms with Crippen LogP contribution in [-0.4, -0.2) is 9.13 Å². The fraction of sp³-hybridized carbons (Fsp3) is 0.0714. The molecule has 0 amide bonds. The third-order valence-corrected chi connectivity index (χ3v) is 13.1. The van der Waals surface area contributed by atoms with E-state index < -0.39 is 5.41 Å². The van der Waals surface area contributed by atoms with E-state index in [0.717, 1.165) is 6.42 Å². The van der Waals surface area contributed by atoms with Crippen LogP contribution in [0.2, 0.25) is 0 Å². The van der Waals surface area contributed by atoms with Gasteiger partial charge in [0.1, 0.15) is 0 Å². The van der Waals surface area contributed by atoms with E-state index in [-0.39, 0.29) is 0 Å². The molecule has 2 heteroatoms. The molecule has 0 fully saturated rings. The first kappa shape index (κ1) is 33.0. The Morgan fingerprint density at radius 1 is 0.448 bits per heavy atom. The number of hydrogen-bond donors (Lipinski definition) is 0. The van der Waals surface area contributed by atoms with E-state index in [0.29, 0.717) is 5.92 Å². The summed E-state index contributed by atoms with van der Waals surface area (Å²) >= 11 is 0. The molecule has 1 atom stereocenters. The maximum Gasteiger partial charge on any atom is 0.0714 e. The van der Waals surface area contributed by atoms with Gasteiger partial charge in [-0.25, -0.2) is 0 Å². The zero-order valence-corrected chi connectivity index (χ0v) is 32.3. The van der Waals surface area contributed by atoms with Crippen molar-refractivity contribution in [2.75, 3.05) is 0 Å². The van der Waals surface area contributed by atoms with Gasteiger partial charge in [0.05, 0.1) is 22.0 Å². The summed E-state index contributed by atoms with van der Waals surface area (Å²) in [6.45, 7) is 2.40. The van der Waals surface area contributed by atoms with Gasteiger partial charge < -0.3 is 9.13 Å². The summed E-state index contributed by atoms with van der Waals surface area (Å²) in [5.41, 5.74) is 18.9. The third-order valence-electron chi connectivity index (χ3n) is 13.1. The van der Waals surface area contributed by atoms with Gasteiger partial charge in [-0.2, -0.15) is 0 Å². The van der Waals surface area contributed by atoms with Crippen LogP contribution in [0.1, 0.15) is 46.0 Å². The molecule has 1 unspecified atom stereocenters. The van der Waals surface area contributed by atoms with Crippen LogP contribution in [0.15, 0.2) is 200 Å². The predicted molar refractivity (Wildman–Crippen MR) is 242 cm³/mol. The van der Waals surface area contributed by atoms with Gasteiger partial charge in [-0.3, -0.25) is 0 Å². The number of allylic oxidation sites excluding steroid dienone is 1. The summed E-state index contributed by atoms with van der Waals surface area (Å²) in [4.78, 5) is 0. The zero-order chi connectivity index (χ0) is 38.4. The van der Waals surface area contributed by atoms with Crippen LogP contribution in [0.4, 0.5) is 0 Å². The lowest BCUT2D eigenvalue weighted by Crippen LogP contribution is -2.28. The predicted octanol–water partition coefficient (Wildman–Crippen LogP) is 13.8. The second-order valence-corrected chi connectivity index (χ2v) is 16.1. The van der Waals surface area contributed by atoms with Crippen molar-refractivity contribution in [2.45, 2.75) is 18.8 Å². The van der Waals surface area contributed by atoms with Gasteiger partial charge in [-0.15, -0.1) is 0 Å². The average molecular weight is 741 g/mol. The molecule has 58 heavy (non-hydrogen) atoms. The number of aromatic nitrogens is 2. The summed E-state index contributed by atoms with van der Waals surface area (Å²) in [6, 6.07) is 74.2. The summed E-state index contributed by atoms with van der Waals surface area (Å²) in [7, 11) is 0. The lowest BCUT2D eigenvalue weighted by Gasteiger charge is -2.34. The Morgan fingerprint density at radius 2 is 1.02 bits per heavy atom. The molecular formula is C56H40N2. The lowest BCUT2D eigenvalue weighted by molar-refractivity contribution is 0.708. The molecule has 0 saturated carbocycles. The molecule has 0 spiro atoms. The molecule has 0 aliphatic heterocycles. The van der Waals surface area contributed by atoms with Gasteiger partial charge in [0.2, 0.25) is 0 Å². The Balaban J connectivity index is 1.13. The standard InChI is InChI=1S/C56H40N2/c1-37-32-54-48(44-27-15-17-29-52(44)57(54)41-22-10-4-11-23-41)34-45(37)38-30-31-53-47(33-38)49-35-46-43-26-14-16-28-50(43)56(39-18-6-2-7-19-39,40-20-8-3-9-21-40)51(46)36-55(49)58(53)42-24-12-5-13-25-42/h2-31,33-37H,32H2,1H3. The van der Waals surface area contributed by atoms with E-state index >= 15 is 0 Å². The smallest absolute Gasteiger partial charge is 0.0714 e. The fourth-order valence-corrected chi connectivity index (χ4v) is 10.6. The molecule has 2 heterocycles. The Kier molecular flexibility index (Phi) is 7.22. The second kappa shape index (κ2) is 12.7. The molecule has 0 bridgehead atoms. The molecule has 0 N–H and O–H groups in total. The molecule has 0 radical (unpaired) electrons. The Morgan fingerprint density at radius 3 is 1.72 bits per heavy atom. The molecule has 12 rings (SSSR count). The van der Waals surface area contributed by atoms with E-state index in [4.69, 9.17) is 0 Å². The second-order valence-electron chi connectivity index (χ2n) is 16.1. The van der Waals surface area contributed by atoms with Crippen molar-refractivity contribution >= 4 is 44.4 Å². The molecule has 274 valence electrons. The zero-order valence-electron chi connectivity index (χ0n) is 32.3. The van der Waals surface area contributed by atoms with Crippen LogP contribution >= 0.6 is 0 Å².